The predicted molar refractivity (Wildman–Crippen MR) is 282 cm³/mol. The topological polar surface area (TPSA) is 21.3 Å². The van der Waals surface area contributed by atoms with Crippen molar-refractivity contribution in [1.82, 2.24) is 4.57 Å². The number of furan rings is 1. The fraction of sp³-hybridized carbons (Fsp3) is 0. The van der Waals surface area contributed by atoms with Crippen LogP contribution in [0.3, 0.4) is 0 Å². The molecule has 0 atom stereocenters. The van der Waals surface area contributed by atoms with Gasteiger partial charge in [0, 0.05) is 49.7 Å². The van der Waals surface area contributed by atoms with E-state index in [0.29, 0.717) is 0 Å². The average Bonchev–Trinajstić information content (AvgIpc) is 3.95. The van der Waals surface area contributed by atoms with E-state index < -0.39 is 0 Å². The molecule has 3 nitrogen and oxygen atoms in total. The molecule has 0 N–H and O–H groups in total. The van der Waals surface area contributed by atoms with Gasteiger partial charge in [-0.15, -0.1) is 0 Å². The van der Waals surface area contributed by atoms with Crippen molar-refractivity contribution in [3.63, 3.8) is 0 Å². The van der Waals surface area contributed by atoms with Crippen LogP contribution in [0.4, 0.5) is 17.1 Å². The highest BCUT2D eigenvalue weighted by atomic mass is 16.3. The molecule has 2 heterocycles. The zero-order valence-electron chi connectivity index (χ0n) is 36.6. The van der Waals surface area contributed by atoms with Crippen LogP contribution >= 0.6 is 0 Å². The first-order valence-corrected chi connectivity index (χ1v) is 22.9. The SMILES string of the molecule is c1cc(-c2ccc(N(c3ccc(-c4ccccc4-n4c5ccccc5c5ccccc54)cc3)c3ccc(-c4cccc5c4oc4ccccc45)cc3)cc2)cc(-c2ccc3ccccc3c2)c1. The van der Waals surface area contributed by atoms with Gasteiger partial charge < -0.3 is 13.9 Å². The van der Waals surface area contributed by atoms with Gasteiger partial charge in [-0.25, -0.2) is 0 Å². The molecule has 2 aromatic heterocycles. The van der Waals surface area contributed by atoms with Gasteiger partial charge in [-0.05, 0) is 117 Å². The summed E-state index contributed by atoms with van der Waals surface area (Å²) in [4.78, 5) is 2.35. The summed E-state index contributed by atoms with van der Waals surface area (Å²) in [6.07, 6.45) is 0. The molecule has 0 radical (unpaired) electrons. The Morgan fingerprint density at radius 1 is 0.299 bits per heavy atom. The van der Waals surface area contributed by atoms with Crippen LogP contribution in [0.1, 0.15) is 0 Å². The molecule has 0 spiro atoms. The van der Waals surface area contributed by atoms with Crippen LogP contribution < -0.4 is 4.90 Å². The molecule has 0 aliphatic carbocycles. The van der Waals surface area contributed by atoms with Gasteiger partial charge >= 0.3 is 0 Å². The normalized spacial score (nSPS) is 11.6. The summed E-state index contributed by atoms with van der Waals surface area (Å²) in [5.74, 6) is 0. The molecule has 0 aliphatic heterocycles. The van der Waals surface area contributed by atoms with Crippen molar-refractivity contribution in [2.75, 3.05) is 4.90 Å². The Hall–Kier alpha value is -8.92. The molecule has 0 fully saturated rings. The third kappa shape index (κ3) is 6.67. The second-order valence-corrected chi connectivity index (χ2v) is 17.3. The molecule has 0 bridgehead atoms. The lowest BCUT2D eigenvalue weighted by Gasteiger charge is -2.26. The predicted octanol–water partition coefficient (Wildman–Crippen LogP) is 18.0. The summed E-state index contributed by atoms with van der Waals surface area (Å²) in [5.41, 5.74) is 17.8. The zero-order chi connectivity index (χ0) is 44.3. The highest BCUT2D eigenvalue weighted by Crippen LogP contribution is 2.42. The van der Waals surface area contributed by atoms with Gasteiger partial charge in [0.25, 0.3) is 0 Å². The summed E-state index contributed by atoms with van der Waals surface area (Å²) >= 11 is 0. The third-order valence-corrected chi connectivity index (χ3v) is 13.4. The molecule has 0 saturated heterocycles. The Bertz CT molecular complexity index is 3920. The van der Waals surface area contributed by atoms with Crippen LogP contribution in [-0.4, -0.2) is 4.57 Å². The monoisotopic (exact) mass is 854 g/mol. The van der Waals surface area contributed by atoms with Crippen molar-refractivity contribution in [3.8, 4) is 50.2 Å². The fourth-order valence-corrected chi connectivity index (χ4v) is 10.1. The lowest BCUT2D eigenvalue weighted by Crippen LogP contribution is -2.09. The van der Waals surface area contributed by atoms with Gasteiger partial charge in [-0.3, -0.25) is 0 Å². The van der Waals surface area contributed by atoms with Crippen molar-refractivity contribution in [2.24, 2.45) is 0 Å². The van der Waals surface area contributed by atoms with Gasteiger partial charge in [0.1, 0.15) is 11.2 Å². The number of fused-ring (bicyclic) bond motifs is 7. The molecule has 0 saturated carbocycles. The van der Waals surface area contributed by atoms with Crippen molar-refractivity contribution in [1.29, 1.82) is 0 Å². The van der Waals surface area contributed by atoms with Crippen LogP contribution in [0, 0.1) is 0 Å². The zero-order valence-corrected chi connectivity index (χ0v) is 36.6. The van der Waals surface area contributed by atoms with E-state index in [4.69, 9.17) is 4.42 Å². The molecule has 13 rings (SSSR count). The Morgan fingerprint density at radius 2 is 0.776 bits per heavy atom. The summed E-state index contributed by atoms with van der Waals surface area (Å²) in [6.45, 7) is 0. The molecular formula is C64H42N2O. The Morgan fingerprint density at radius 3 is 1.48 bits per heavy atom. The largest absolute Gasteiger partial charge is 0.455 e. The van der Waals surface area contributed by atoms with Crippen molar-refractivity contribution >= 4 is 71.6 Å². The summed E-state index contributed by atoms with van der Waals surface area (Å²) in [5, 5.41) is 7.26. The van der Waals surface area contributed by atoms with Gasteiger partial charge in [0.05, 0.1) is 16.7 Å². The quantitative estimate of drug-likeness (QED) is 0.152. The maximum absolute atomic E-state index is 6.46. The maximum atomic E-state index is 6.46. The van der Waals surface area contributed by atoms with Crippen LogP contribution in [0.5, 0.6) is 0 Å². The van der Waals surface area contributed by atoms with E-state index >= 15 is 0 Å². The maximum Gasteiger partial charge on any atom is 0.143 e. The van der Waals surface area contributed by atoms with E-state index in [1.54, 1.807) is 0 Å². The van der Waals surface area contributed by atoms with Crippen LogP contribution in [0.2, 0.25) is 0 Å². The summed E-state index contributed by atoms with van der Waals surface area (Å²) in [6, 6.07) is 91.9. The fourth-order valence-electron chi connectivity index (χ4n) is 10.1. The third-order valence-electron chi connectivity index (χ3n) is 13.4. The Labute approximate surface area is 388 Å². The number of hydrogen-bond acceptors (Lipinski definition) is 2. The minimum absolute atomic E-state index is 0.901. The number of nitrogens with zero attached hydrogens (tertiary/aromatic N) is 2. The van der Waals surface area contributed by atoms with Crippen molar-refractivity contribution < 1.29 is 4.42 Å². The molecule has 314 valence electrons. The van der Waals surface area contributed by atoms with Gasteiger partial charge in [-0.1, -0.05) is 182 Å². The van der Waals surface area contributed by atoms with Crippen LogP contribution in [0.15, 0.2) is 259 Å². The highest BCUT2D eigenvalue weighted by molar-refractivity contribution is 6.11. The molecule has 67 heavy (non-hydrogen) atoms. The number of benzene rings is 11. The Balaban J connectivity index is 0.890. The van der Waals surface area contributed by atoms with E-state index in [1.807, 2.05) is 12.1 Å². The van der Waals surface area contributed by atoms with E-state index in [-0.39, 0.29) is 0 Å². The molecule has 0 amide bonds. The molecule has 3 heteroatoms. The summed E-state index contributed by atoms with van der Waals surface area (Å²) in [7, 11) is 0. The van der Waals surface area contributed by atoms with Crippen LogP contribution in [0.25, 0.3) is 105 Å². The summed E-state index contributed by atoms with van der Waals surface area (Å²) < 4.78 is 8.87. The average molecular weight is 855 g/mol. The molecule has 13 aromatic rings. The lowest BCUT2D eigenvalue weighted by atomic mass is 9.97. The number of para-hydroxylation sites is 5. The van der Waals surface area contributed by atoms with E-state index in [1.165, 1.54) is 54.8 Å². The number of aromatic nitrogens is 1. The first kappa shape index (κ1) is 38.5. The van der Waals surface area contributed by atoms with E-state index in [2.05, 4.69) is 252 Å². The number of anilines is 3. The first-order valence-electron chi connectivity index (χ1n) is 22.9. The van der Waals surface area contributed by atoms with Gasteiger partial charge in [-0.2, -0.15) is 0 Å². The van der Waals surface area contributed by atoms with Crippen LogP contribution in [-0.2, 0) is 0 Å². The highest BCUT2D eigenvalue weighted by Gasteiger charge is 2.18. The lowest BCUT2D eigenvalue weighted by molar-refractivity contribution is 0.670. The van der Waals surface area contributed by atoms with E-state index in [0.717, 1.165) is 66.9 Å². The minimum Gasteiger partial charge on any atom is -0.455 e. The number of hydrogen-bond donors (Lipinski definition) is 0. The standard InChI is InChI=1S/C64H42N2O/c1-2-14-47-42-50(28-27-43(47)13-1)49-16-11-15-48(41-49)44-29-35-51(36-30-44)65(53-39-33-46(34-40-53)55-21-12-22-59-58-20-6-10-26-63(58)67-64(55)59)52-37-31-45(32-38-52)54-17-3-7-23-60(54)66-61-24-8-4-18-56(61)57-19-5-9-25-62(57)66/h1-42H. The van der Waals surface area contributed by atoms with Gasteiger partial charge in [0.15, 0.2) is 0 Å². The second kappa shape index (κ2) is 16.0. The number of rotatable bonds is 8. The van der Waals surface area contributed by atoms with Gasteiger partial charge in [0.2, 0.25) is 0 Å². The Kier molecular flexibility index (Phi) is 9.17. The second-order valence-electron chi connectivity index (χ2n) is 17.3. The first-order chi connectivity index (χ1) is 33.2. The smallest absolute Gasteiger partial charge is 0.143 e. The molecule has 0 unspecified atom stereocenters. The molecule has 0 aliphatic rings. The minimum atomic E-state index is 0.901. The molecule has 11 aromatic carbocycles. The van der Waals surface area contributed by atoms with Crippen molar-refractivity contribution in [2.45, 2.75) is 0 Å². The molecular weight excluding hydrogens is 813 g/mol. The van der Waals surface area contributed by atoms with Crippen molar-refractivity contribution in [3.05, 3.63) is 255 Å². The van der Waals surface area contributed by atoms with E-state index in [9.17, 15) is 0 Å².